The van der Waals surface area contributed by atoms with E-state index in [0.717, 1.165) is 16.5 Å². The van der Waals surface area contributed by atoms with E-state index in [4.69, 9.17) is 33.4 Å². The Morgan fingerprint density at radius 3 is 2.56 bits per heavy atom. The molecule has 2 aromatic carbocycles. The Morgan fingerprint density at radius 1 is 0.944 bits per heavy atom. The van der Waals surface area contributed by atoms with Crippen LogP contribution in [0.25, 0.3) is 22.3 Å². The molecule has 90 valence electrons. The molecule has 3 aromatic rings. The molecule has 0 unspecified atom stereocenters. The van der Waals surface area contributed by atoms with E-state index >= 15 is 0 Å². The van der Waals surface area contributed by atoms with Crippen LogP contribution in [-0.2, 0) is 0 Å². The average molecular weight is 278 g/mol. The number of benzene rings is 2. The number of fused-ring (bicyclic) bond motifs is 1. The van der Waals surface area contributed by atoms with E-state index in [1.807, 2.05) is 24.3 Å². The predicted octanol–water partition coefficient (Wildman–Crippen LogP) is 4.99. The van der Waals surface area contributed by atoms with Gasteiger partial charge in [0.05, 0.1) is 5.02 Å². The largest absolute Gasteiger partial charge is 0.456 e. The average Bonchev–Trinajstić information content (AvgIpc) is 2.71. The lowest BCUT2D eigenvalue weighted by Gasteiger charge is -2.01. The molecule has 0 atom stereocenters. The minimum absolute atomic E-state index is 0.570. The van der Waals surface area contributed by atoms with Crippen molar-refractivity contribution < 1.29 is 4.42 Å². The van der Waals surface area contributed by atoms with Gasteiger partial charge in [-0.15, -0.1) is 0 Å². The predicted molar refractivity (Wildman–Crippen MR) is 76.1 cm³/mol. The molecule has 0 saturated heterocycles. The second-order valence-electron chi connectivity index (χ2n) is 4.03. The summed E-state index contributed by atoms with van der Waals surface area (Å²) in [7, 11) is 0. The van der Waals surface area contributed by atoms with E-state index < -0.39 is 0 Å². The molecule has 0 amide bonds. The van der Waals surface area contributed by atoms with Gasteiger partial charge in [-0.2, -0.15) is 0 Å². The second kappa shape index (κ2) is 4.23. The van der Waals surface area contributed by atoms with Crippen molar-refractivity contribution in [2.45, 2.75) is 0 Å². The van der Waals surface area contributed by atoms with Gasteiger partial charge in [0.25, 0.3) is 0 Å². The van der Waals surface area contributed by atoms with Gasteiger partial charge in [0.1, 0.15) is 11.3 Å². The molecule has 0 aliphatic heterocycles. The topological polar surface area (TPSA) is 39.2 Å². The summed E-state index contributed by atoms with van der Waals surface area (Å²) >= 11 is 12.1. The van der Waals surface area contributed by atoms with E-state index in [2.05, 4.69) is 0 Å². The van der Waals surface area contributed by atoms with Crippen molar-refractivity contribution in [1.82, 2.24) is 0 Å². The van der Waals surface area contributed by atoms with Crippen LogP contribution in [0, 0.1) is 0 Å². The fourth-order valence-electron chi connectivity index (χ4n) is 1.88. The number of halogens is 2. The number of nitrogens with two attached hydrogens (primary N) is 1. The standard InChI is InChI=1S/C14H9Cl2NO/c15-9-1-4-13-8(5-9)6-14(18-13)11-3-2-10(17)7-12(11)16/h1-7H,17H2. The molecule has 2 N–H and O–H groups in total. The number of furan rings is 1. The fourth-order valence-corrected chi connectivity index (χ4v) is 2.34. The molecule has 0 aliphatic carbocycles. The Kier molecular flexibility index (Phi) is 2.69. The van der Waals surface area contributed by atoms with Crippen LogP contribution in [0.15, 0.2) is 46.9 Å². The van der Waals surface area contributed by atoms with E-state index in [1.54, 1.807) is 18.2 Å². The van der Waals surface area contributed by atoms with Crippen molar-refractivity contribution in [3.8, 4) is 11.3 Å². The lowest BCUT2D eigenvalue weighted by Crippen LogP contribution is -1.84. The van der Waals surface area contributed by atoms with Crippen LogP contribution < -0.4 is 5.73 Å². The molecule has 18 heavy (non-hydrogen) atoms. The highest BCUT2D eigenvalue weighted by atomic mass is 35.5. The van der Waals surface area contributed by atoms with Crippen LogP contribution in [-0.4, -0.2) is 0 Å². The molecule has 1 aromatic heterocycles. The van der Waals surface area contributed by atoms with Gasteiger partial charge in [-0.25, -0.2) is 0 Å². The number of hydrogen-bond donors (Lipinski definition) is 1. The highest BCUT2D eigenvalue weighted by Gasteiger charge is 2.10. The van der Waals surface area contributed by atoms with Gasteiger partial charge in [0, 0.05) is 21.7 Å². The van der Waals surface area contributed by atoms with E-state index in [1.165, 1.54) is 0 Å². The number of rotatable bonds is 1. The molecule has 2 nitrogen and oxygen atoms in total. The van der Waals surface area contributed by atoms with Gasteiger partial charge >= 0.3 is 0 Å². The van der Waals surface area contributed by atoms with Gasteiger partial charge in [0.15, 0.2) is 0 Å². The zero-order chi connectivity index (χ0) is 12.7. The van der Waals surface area contributed by atoms with Gasteiger partial charge in [-0.1, -0.05) is 23.2 Å². The van der Waals surface area contributed by atoms with Crippen molar-refractivity contribution in [2.75, 3.05) is 5.73 Å². The van der Waals surface area contributed by atoms with Gasteiger partial charge in [0.2, 0.25) is 0 Å². The maximum absolute atomic E-state index is 6.16. The molecule has 4 heteroatoms. The summed E-state index contributed by atoms with van der Waals surface area (Å²) in [6.07, 6.45) is 0. The Morgan fingerprint density at radius 2 is 1.78 bits per heavy atom. The second-order valence-corrected chi connectivity index (χ2v) is 4.88. The van der Waals surface area contributed by atoms with Crippen molar-refractivity contribution in [3.63, 3.8) is 0 Å². The Bertz CT molecular complexity index is 734. The number of nitrogen functional groups attached to an aromatic ring is 1. The third-order valence-corrected chi connectivity index (χ3v) is 3.28. The molecular formula is C14H9Cl2NO. The molecule has 1 heterocycles. The van der Waals surface area contributed by atoms with Crippen LogP contribution in [0.2, 0.25) is 10.0 Å². The third-order valence-electron chi connectivity index (χ3n) is 2.74. The van der Waals surface area contributed by atoms with E-state index in [9.17, 15) is 0 Å². The number of hydrogen-bond acceptors (Lipinski definition) is 2. The summed E-state index contributed by atoms with van der Waals surface area (Å²) < 4.78 is 5.75. The van der Waals surface area contributed by atoms with Crippen molar-refractivity contribution >= 4 is 39.9 Å². The van der Waals surface area contributed by atoms with Crippen LogP contribution in [0.3, 0.4) is 0 Å². The van der Waals surface area contributed by atoms with E-state index in [0.29, 0.717) is 21.5 Å². The van der Waals surface area contributed by atoms with Gasteiger partial charge in [-0.3, -0.25) is 0 Å². The zero-order valence-electron chi connectivity index (χ0n) is 9.28. The molecule has 0 fully saturated rings. The lowest BCUT2D eigenvalue weighted by molar-refractivity contribution is 0.631. The monoisotopic (exact) mass is 277 g/mol. The summed E-state index contributed by atoms with van der Waals surface area (Å²) in [6.45, 7) is 0. The summed E-state index contributed by atoms with van der Waals surface area (Å²) in [5, 5.41) is 2.20. The first-order chi connectivity index (χ1) is 8.63. The Balaban J connectivity index is 2.19. The Labute approximate surface area is 114 Å². The van der Waals surface area contributed by atoms with Crippen molar-refractivity contribution in [2.24, 2.45) is 0 Å². The summed E-state index contributed by atoms with van der Waals surface area (Å²) in [5.74, 6) is 0.706. The van der Waals surface area contributed by atoms with Crippen LogP contribution in [0.5, 0.6) is 0 Å². The molecule has 0 saturated carbocycles. The first kappa shape index (κ1) is 11.5. The van der Waals surface area contributed by atoms with E-state index in [-0.39, 0.29) is 0 Å². The zero-order valence-corrected chi connectivity index (χ0v) is 10.8. The maximum Gasteiger partial charge on any atom is 0.136 e. The highest BCUT2D eigenvalue weighted by Crippen LogP contribution is 2.34. The fraction of sp³-hybridized carbons (Fsp3) is 0. The molecule has 0 radical (unpaired) electrons. The van der Waals surface area contributed by atoms with Gasteiger partial charge in [-0.05, 0) is 42.5 Å². The molecular weight excluding hydrogens is 269 g/mol. The maximum atomic E-state index is 6.16. The first-order valence-corrected chi connectivity index (χ1v) is 6.13. The first-order valence-electron chi connectivity index (χ1n) is 5.38. The molecule has 0 spiro atoms. The SMILES string of the molecule is Nc1ccc(-c2cc3cc(Cl)ccc3o2)c(Cl)c1. The molecule has 0 bridgehead atoms. The number of anilines is 1. The van der Waals surface area contributed by atoms with Crippen LogP contribution in [0.1, 0.15) is 0 Å². The third kappa shape index (κ3) is 1.94. The minimum atomic E-state index is 0.570. The lowest BCUT2D eigenvalue weighted by atomic mass is 10.1. The van der Waals surface area contributed by atoms with Crippen molar-refractivity contribution in [1.29, 1.82) is 0 Å². The van der Waals surface area contributed by atoms with Crippen LogP contribution >= 0.6 is 23.2 Å². The summed E-state index contributed by atoms with van der Waals surface area (Å²) in [5.41, 5.74) is 7.89. The molecule has 0 aliphatic rings. The summed E-state index contributed by atoms with van der Waals surface area (Å²) in [4.78, 5) is 0. The van der Waals surface area contributed by atoms with Gasteiger partial charge < -0.3 is 10.2 Å². The minimum Gasteiger partial charge on any atom is -0.456 e. The molecule has 3 rings (SSSR count). The summed E-state index contributed by atoms with van der Waals surface area (Å²) in [6, 6.07) is 12.7. The normalized spacial score (nSPS) is 11.0. The highest BCUT2D eigenvalue weighted by molar-refractivity contribution is 6.33. The van der Waals surface area contributed by atoms with Crippen molar-refractivity contribution in [3.05, 3.63) is 52.5 Å². The quantitative estimate of drug-likeness (QED) is 0.637. The van der Waals surface area contributed by atoms with Crippen LogP contribution in [0.4, 0.5) is 5.69 Å². The smallest absolute Gasteiger partial charge is 0.136 e. The Hall–Kier alpha value is -1.64.